The van der Waals surface area contributed by atoms with Gasteiger partial charge in [0, 0.05) is 17.0 Å². The lowest BCUT2D eigenvalue weighted by Gasteiger charge is -2.12. The molecule has 0 saturated carbocycles. The summed E-state index contributed by atoms with van der Waals surface area (Å²) in [5.74, 6) is -2.68. The molecule has 0 amide bonds. The lowest BCUT2D eigenvalue weighted by atomic mass is 9.93. The van der Waals surface area contributed by atoms with E-state index in [4.69, 9.17) is 11.5 Å². The Morgan fingerprint density at radius 2 is 1.60 bits per heavy atom. The van der Waals surface area contributed by atoms with Gasteiger partial charge in [-0.25, -0.2) is 0 Å². The second-order valence-corrected chi connectivity index (χ2v) is 4.23. The Hall–Kier alpha value is -3.02. The minimum Gasteiger partial charge on any atom is -0.507 e. The van der Waals surface area contributed by atoms with Gasteiger partial charge in [0.1, 0.15) is 5.75 Å². The van der Waals surface area contributed by atoms with Gasteiger partial charge < -0.3 is 21.7 Å². The van der Waals surface area contributed by atoms with E-state index in [9.17, 15) is 19.8 Å². The number of nitrogen functional groups attached to an aromatic ring is 1. The van der Waals surface area contributed by atoms with Gasteiger partial charge in [0.05, 0.1) is 11.1 Å². The molecule has 0 aromatic heterocycles. The molecule has 1 aliphatic carbocycles. The molecular weight excluding hydrogens is 260 g/mol. The highest BCUT2D eigenvalue weighted by Crippen LogP contribution is 2.31. The fourth-order valence-corrected chi connectivity index (χ4v) is 1.84. The smallest absolute Gasteiger partial charge is 0.230 e. The molecule has 0 saturated heterocycles. The molecule has 0 atom stereocenters. The summed E-state index contributed by atoms with van der Waals surface area (Å²) in [6, 6.07) is 2.45. The first-order valence-corrected chi connectivity index (χ1v) is 5.61. The summed E-state index contributed by atoms with van der Waals surface area (Å²) >= 11 is 0. The summed E-state index contributed by atoms with van der Waals surface area (Å²) < 4.78 is 0. The van der Waals surface area contributed by atoms with Crippen LogP contribution in [0.15, 0.2) is 47.9 Å². The van der Waals surface area contributed by atoms with Crippen LogP contribution in [0.5, 0.6) is 5.75 Å². The third-order valence-corrected chi connectivity index (χ3v) is 2.95. The standard InChI is InChI=1S/C14H12N2O4/c1-6-7(15)2-5-10(18)14(20)11-8(16)3-4-9(17)12(11)13(6)19/h2-5,17-18H,1,15-16H2/b7-2+,10-5+. The van der Waals surface area contributed by atoms with E-state index >= 15 is 0 Å². The van der Waals surface area contributed by atoms with Crippen LogP contribution in [0.1, 0.15) is 20.7 Å². The Bertz CT molecular complexity index is 714. The number of Topliss-reactive ketones (excluding diaryl/α,β-unsaturated/α-hetero) is 2. The highest BCUT2D eigenvalue weighted by atomic mass is 16.3. The van der Waals surface area contributed by atoms with Crippen molar-refractivity contribution in [1.82, 2.24) is 0 Å². The van der Waals surface area contributed by atoms with Crippen LogP contribution in [0.25, 0.3) is 0 Å². The number of aliphatic hydroxyl groups is 1. The van der Waals surface area contributed by atoms with E-state index in [0.717, 1.165) is 6.08 Å². The zero-order chi connectivity index (χ0) is 15.0. The third kappa shape index (κ3) is 1.93. The maximum absolute atomic E-state index is 12.3. The molecule has 0 bridgehead atoms. The minimum atomic E-state index is -0.875. The number of carbonyl (C=O) groups excluding carboxylic acids is 2. The van der Waals surface area contributed by atoms with Gasteiger partial charge >= 0.3 is 0 Å². The molecule has 1 aliphatic rings. The van der Waals surface area contributed by atoms with Gasteiger partial charge in [0.2, 0.25) is 5.78 Å². The fourth-order valence-electron chi connectivity index (χ4n) is 1.84. The Kier molecular flexibility index (Phi) is 3.07. The predicted octanol–water partition coefficient (Wildman–Crippen LogP) is 1.19. The van der Waals surface area contributed by atoms with E-state index in [1.54, 1.807) is 0 Å². The van der Waals surface area contributed by atoms with Crippen molar-refractivity contribution >= 4 is 17.3 Å². The van der Waals surface area contributed by atoms with Gasteiger partial charge in [-0.05, 0) is 24.3 Å². The van der Waals surface area contributed by atoms with Crippen molar-refractivity contribution in [3.05, 3.63) is 59.0 Å². The molecule has 1 aromatic rings. The number of nitrogens with two attached hydrogens (primary N) is 2. The lowest BCUT2D eigenvalue weighted by molar-refractivity contribution is 0.0964. The van der Waals surface area contributed by atoms with Gasteiger partial charge in [-0.2, -0.15) is 0 Å². The molecular formula is C14H12N2O4. The summed E-state index contributed by atoms with van der Waals surface area (Å²) in [7, 11) is 0. The van der Waals surface area contributed by atoms with Crippen molar-refractivity contribution in [2.45, 2.75) is 0 Å². The predicted molar refractivity (Wildman–Crippen MR) is 73.3 cm³/mol. The van der Waals surface area contributed by atoms with Crippen LogP contribution in [0.3, 0.4) is 0 Å². The van der Waals surface area contributed by atoms with E-state index in [-0.39, 0.29) is 28.1 Å². The number of anilines is 1. The van der Waals surface area contributed by atoms with Gasteiger partial charge in [0.25, 0.3) is 0 Å². The monoisotopic (exact) mass is 272 g/mol. The normalized spacial score (nSPS) is 20.9. The number of phenols is 1. The molecule has 6 heteroatoms. The molecule has 6 nitrogen and oxygen atoms in total. The number of phenolic OH excluding ortho intramolecular Hbond substituents is 1. The van der Waals surface area contributed by atoms with Gasteiger partial charge in [-0.3, -0.25) is 9.59 Å². The second-order valence-electron chi connectivity index (χ2n) is 4.23. The van der Waals surface area contributed by atoms with Crippen LogP contribution in [0.2, 0.25) is 0 Å². The molecule has 2 rings (SSSR count). The number of hydrogen-bond acceptors (Lipinski definition) is 6. The first-order chi connectivity index (χ1) is 9.34. The van der Waals surface area contributed by atoms with E-state index in [2.05, 4.69) is 6.58 Å². The third-order valence-electron chi connectivity index (χ3n) is 2.95. The molecule has 1 aromatic carbocycles. The molecule has 102 valence electrons. The molecule has 0 fully saturated rings. The topological polar surface area (TPSA) is 127 Å². The number of ketones is 2. The van der Waals surface area contributed by atoms with E-state index < -0.39 is 23.1 Å². The van der Waals surface area contributed by atoms with Crippen molar-refractivity contribution in [2.24, 2.45) is 5.73 Å². The number of aromatic hydroxyl groups is 1. The number of allylic oxidation sites excluding steroid dienone is 4. The number of hydrogen-bond donors (Lipinski definition) is 4. The summed E-state index contributed by atoms with van der Waals surface area (Å²) in [4.78, 5) is 24.4. The zero-order valence-corrected chi connectivity index (χ0v) is 10.4. The number of fused-ring (bicyclic) bond motifs is 1. The van der Waals surface area contributed by atoms with Gasteiger partial charge in [-0.15, -0.1) is 0 Å². The molecule has 0 aliphatic heterocycles. The number of aliphatic hydroxyl groups excluding tert-OH is 1. The summed E-state index contributed by atoms with van der Waals surface area (Å²) in [5.41, 5.74) is 10.5. The first kappa shape index (κ1) is 13.4. The molecule has 0 radical (unpaired) electrons. The molecule has 0 unspecified atom stereocenters. The quantitative estimate of drug-likeness (QED) is 0.319. The number of benzene rings is 1. The van der Waals surface area contributed by atoms with Crippen LogP contribution in [0.4, 0.5) is 5.69 Å². The van der Waals surface area contributed by atoms with E-state index in [1.807, 2.05) is 0 Å². The van der Waals surface area contributed by atoms with Crippen molar-refractivity contribution < 1.29 is 19.8 Å². The summed E-state index contributed by atoms with van der Waals surface area (Å²) in [5, 5.41) is 19.5. The first-order valence-electron chi connectivity index (χ1n) is 5.61. The highest BCUT2D eigenvalue weighted by Gasteiger charge is 2.28. The van der Waals surface area contributed by atoms with E-state index in [0.29, 0.717) is 0 Å². The molecule has 6 N–H and O–H groups in total. The van der Waals surface area contributed by atoms with Crippen molar-refractivity contribution in [3.8, 4) is 5.75 Å². The number of carbonyl (C=O) groups is 2. The highest BCUT2D eigenvalue weighted by molar-refractivity contribution is 6.23. The van der Waals surface area contributed by atoms with Crippen molar-refractivity contribution in [3.63, 3.8) is 0 Å². The number of rotatable bonds is 0. The van der Waals surface area contributed by atoms with Crippen LogP contribution >= 0.6 is 0 Å². The van der Waals surface area contributed by atoms with Crippen LogP contribution in [0, 0.1) is 0 Å². The maximum atomic E-state index is 12.3. The fraction of sp³-hybridized carbons (Fsp3) is 0. The Balaban J connectivity index is 2.87. The van der Waals surface area contributed by atoms with Gasteiger partial charge in [0.15, 0.2) is 11.5 Å². The molecule has 0 spiro atoms. The SMILES string of the molecule is C=C1C(=O)c2c(O)ccc(N)c2C(=O)/C(O)=C\C=C/1N. The Morgan fingerprint density at radius 3 is 2.25 bits per heavy atom. The lowest BCUT2D eigenvalue weighted by Crippen LogP contribution is -2.16. The zero-order valence-electron chi connectivity index (χ0n) is 10.4. The van der Waals surface area contributed by atoms with E-state index in [1.165, 1.54) is 18.2 Å². The Labute approximate surface area is 114 Å². The van der Waals surface area contributed by atoms with Crippen LogP contribution in [-0.2, 0) is 0 Å². The summed E-state index contributed by atoms with van der Waals surface area (Å²) in [6.07, 6.45) is 2.24. The second kappa shape index (κ2) is 4.58. The van der Waals surface area contributed by atoms with Crippen molar-refractivity contribution in [1.29, 1.82) is 0 Å². The summed E-state index contributed by atoms with van der Waals surface area (Å²) in [6.45, 7) is 3.52. The molecule has 0 heterocycles. The average molecular weight is 272 g/mol. The molecule has 20 heavy (non-hydrogen) atoms. The minimum absolute atomic E-state index is 0.0241. The Morgan fingerprint density at radius 1 is 0.950 bits per heavy atom. The van der Waals surface area contributed by atoms with Crippen molar-refractivity contribution in [2.75, 3.05) is 5.73 Å². The van der Waals surface area contributed by atoms with Crippen LogP contribution in [-0.4, -0.2) is 21.8 Å². The van der Waals surface area contributed by atoms with Crippen LogP contribution < -0.4 is 11.5 Å². The maximum Gasteiger partial charge on any atom is 0.230 e. The average Bonchev–Trinajstić information content (AvgIpc) is 2.45. The largest absolute Gasteiger partial charge is 0.507 e. The van der Waals surface area contributed by atoms with Gasteiger partial charge in [-0.1, -0.05) is 6.58 Å².